The van der Waals surface area contributed by atoms with Gasteiger partial charge in [0.25, 0.3) is 0 Å². The van der Waals surface area contributed by atoms with Crippen LogP contribution < -0.4 is 0 Å². The van der Waals surface area contributed by atoms with Gasteiger partial charge in [-0.3, -0.25) is 0 Å². The summed E-state index contributed by atoms with van der Waals surface area (Å²) in [6.45, 7) is 4.37. The van der Waals surface area contributed by atoms with Crippen LogP contribution in [0, 0.1) is 11.8 Å². The van der Waals surface area contributed by atoms with Crippen molar-refractivity contribution in [1.82, 2.24) is 0 Å². The van der Waals surface area contributed by atoms with Gasteiger partial charge in [-0.2, -0.15) is 0 Å². The van der Waals surface area contributed by atoms with Gasteiger partial charge in [0.2, 0.25) is 0 Å². The molecule has 0 saturated heterocycles. The average molecular weight is 302 g/mol. The third-order valence-electron chi connectivity index (χ3n) is 3.80. The Morgan fingerprint density at radius 2 is 1.22 bits per heavy atom. The first-order chi connectivity index (χ1) is 11.3. The van der Waals surface area contributed by atoms with Crippen molar-refractivity contribution in [2.75, 3.05) is 0 Å². The predicted molar refractivity (Wildman–Crippen MR) is 101 cm³/mol. The maximum Gasteiger partial charge on any atom is 0.0249 e. The molecule has 0 spiro atoms. The first kappa shape index (κ1) is 17.1. The van der Waals surface area contributed by atoms with Crippen molar-refractivity contribution in [3.05, 3.63) is 82.9 Å². The van der Waals surface area contributed by atoms with E-state index in [0.29, 0.717) is 0 Å². The molecule has 0 bridgehead atoms. The molecule has 23 heavy (non-hydrogen) atoms. The van der Waals surface area contributed by atoms with Crippen LogP contribution in [0.5, 0.6) is 0 Å². The maximum atomic E-state index is 3.25. The highest BCUT2D eigenvalue weighted by atomic mass is 14.0. The molecule has 2 rings (SSSR count). The second-order valence-electron chi connectivity index (χ2n) is 5.81. The minimum absolute atomic E-state index is 1.08. The van der Waals surface area contributed by atoms with Gasteiger partial charge in [0.05, 0.1) is 0 Å². The normalized spacial score (nSPS) is 10.5. The lowest BCUT2D eigenvalue weighted by molar-refractivity contribution is 0.922. The Morgan fingerprint density at radius 3 is 1.70 bits per heavy atom. The minimum Gasteiger partial charge on any atom is -0.0888 e. The molecule has 0 aliphatic carbocycles. The molecule has 0 amide bonds. The number of aryl methyl sites for hydroxylation is 2. The zero-order valence-electron chi connectivity index (χ0n) is 14.3. The van der Waals surface area contributed by atoms with Crippen LogP contribution >= 0.6 is 0 Å². The second-order valence-corrected chi connectivity index (χ2v) is 5.81. The molecule has 0 aliphatic heterocycles. The lowest BCUT2D eigenvalue weighted by Gasteiger charge is -1.99. The summed E-state index contributed by atoms with van der Waals surface area (Å²) in [7, 11) is 0. The van der Waals surface area contributed by atoms with E-state index < -0.39 is 0 Å². The van der Waals surface area contributed by atoms with E-state index in [0.717, 1.165) is 36.8 Å². The zero-order chi connectivity index (χ0) is 16.3. The summed E-state index contributed by atoms with van der Waals surface area (Å²) >= 11 is 0. The van der Waals surface area contributed by atoms with Crippen molar-refractivity contribution in [2.24, 2.45) is 0 Å². The number of rotatable bonds is 6. The highest BCUT2D eigenvalue weighted by Gasteiger charge is 1.93. The molecule has 0 radical (unpaired) electrons. The molecule has 0 nitrogen and oxygen atoms in total. The molecule has 118 valence electrons. The Kier molecular flexibility index (Phi) is 7.21. The van der Waals surface area contributed by atoms with E-state index in [9.17, 15) is 0 Å². The smallest absolute Gasteiger partial charge is 0.0249 e. The summed E-state index contributed by atoms with van der Waals surface area (Å²) in [6, 6.07) is 17.2. The van der Waals surface area contributed by atoms with E-state index in [2.05, 4.69) is 86.4 Å². The summed E-state index contributed by atoms with van der Waals surface area (Å²) in [6.07, 6.45) is 10.1. The Labute approximate surface area is 141 Å². The van der Waals surface area contributed by atoms with Crippen molar-refractivity contribution in [3.63, 3.8) is 0 Å². The van der Waals surface area contributed by atoms with Crippen molar-refractivity contribution >= 4 is 0 Å². The lowest BCUT2D eigenvalue weighted by atomic mass is 10.1. The highest BCUT2D eigenvalue weighted by Crippen LogP contribution is 2.08. The second kappa shape index (κ2) is 9.70. The Hall–Kier alpha value is -2.26. The molecule has 2 aromatic rings. The zero-order valence-corrected chi connectivity index (χ0v) is 14.3. The third kappa shape index (κ3) is 6.17. The fourth-order valence-electron chi connectivity index (χ4n) is 2.48. The molecule has 0 N–H and O–H groups in total. The number of hydrogen-bond donors (Lipinski definition) is 0. The van der Waals surface area contributed by atoms with Crippen LogP contribution in [-0.2, 0) is 12.8 Å². The van der Waals surface area contributed by atoms with Crippen molar-refractivity contribution < 1.29 is 0 Å². The molecule has 0 fully saturated rings. The molecule has 0 saturated carbocycles. The minimum atomic E-state index is 1.08. The molecule has 0 heterocycles. The Balaban J connectivity index is 1.94. The Morgan fingerprint density at radius 1 is 0.696 bits per heavy atom. The lowest BCUT2D eigenvalue weighted by Crippen LogP contribution is -1.84. The van der Waals surface area contributed by atoms with Gasteiger partial charge < -0.3 is 0 Å². The molecule has 0 unspecified atom stereocenters. The summed E-state index contributed by atoms with van der Waals surface area (Å²) in [5.41, 5.74) is 4.92. The quantitative estimate of drug-likeness (QED) is 0.458. The highest BCUT2D eigenvalue weighted by molar-refractivity contribution is 5.44. The molecule has 0 atom stereocenters. The van der Waals surface area contributed by atoms with Crippen molar-refractivity contribution in [1.29, 1.82) is 0 Å². The number of allylic oxidation sites excluding steroid dienone is 2. The molecular formula is C23H26. The van der Waals surface area contributed by atoms with Crippen LogP contribution in [-0.4, -0.2) is 0 Å². The fraction of sp³-hybridized carbons (Fsp3) is 0.304. The van der Waals surface area contributed by atoms with E-state index in [1.54, 1.807) is 0 Å². The summed E-state index contributed by atoms with van der Waals surface area (Å²) < 4.78 is 0. The summed E-state index contributed by atoms with van der Waals surface area (Å²) in [5.74, 6) is 6.50. The first-order valence-electron chi connectivity index (χ1n) is 8.66. The van der Waals surface area contributed by atoms with Crippen LogP contribution in [0.25, 0.3) is 0 Å². The van der Waals surface area contributed by atoms with E-state index in [1.807, 2.05) is 0 Å². The van der Waals surface area contributed by atoms with Crippen LogP contribution in [0.1, 0.15) is 55.4 Å². The average Bonchev–Trinajstić information content (AvgIpc) is 2.59. The van der Waals surface area contributed by atoms with Gasteiger partial charge in [0, 0.05) is 11.1 Å². The predicted octanol–water partition coefficient (Wildman–Crippen LogP) is 5.94. The molecule has 0 heteroatoms. The van der Waals surface area contributed by atoms with E-state index in [1.165, 1.54) is 17.5 Å². The van der Waals surface area contributed by atoms with Gasteiger partial charge in [-0.25, -0.2) is 0 Å². The van der Waals surface area contributed by atoms with E-state index in [4.69, 9.17) is 0 Å². The van der Waals surface area contributed by atoms with Gasteiger partial charge in [0.15, 0.2) is 0 Å². The first-order valence-corrected chi connectivity index (χ1v) is 8.66. The summed E-state index contributed by atoms with van der Waals surface area (Å²) in [5, 5.41) is 0. The largest absolute Gasteiger partial charge is 0.0888 e. The fourth-order valence-corrected chi connectivity index (χ4v) is 2.48. The van der Waals surface area contributed by atoms with Crippen LogP contribution in [0.2, 0.25) is 0 Å². The topological polar surface area (TPSA) is 0 Å². The van der Waals surface area contributed by atoms with Gasteiger partial charge in [0.1, 0.15) is 0 Å². The number of benzene rings is 2. The molecule has 0 aliphatic rings. The molecule has 0 aromatic heterocycles. The van der Waals surface area contributed by atoms with Gasteiger partial charge in [-0.05, 0) is 61.1 Å². The van der Waals surface area contributed by atoms with Crippen molar-refractivity contribution in [2.45, 2.75) is 46.0 Å². The molecular weight excluding hydrogens is 276 g/mol. The third-order valence-corrected chi connectivity index (χ3v) is 3.80. The standard InChI is InChI=1S/C23H26/c1-3-5-6-7-9-21-12-16-23(17-13-21)19-18-22-14-10-20(8-4-2)11-15-22/h5-6,10-17H,3-4,7-9H2,1-2H3. The van der Waals surface area contributed by atoms with Gasteiger partial charge in [-0.1, -0.05) is 68.5 Å². The summed E-state index contributed by atoms with van der Waals surface area (Å²) in [4.78, 5) is 0. The monoisotopic (exact) mass is 302 g/mol. The van der Waals surface area contributed by atoms with E-state index >= 15 is 0 Å². The number of hydrogen-bond acceptors (Lipinski definition) is 0. The van der Waals surface area contributed by atoms with Crippen LogP contribution in [0.3, 0.4) is 0 Å². The maximum absolute atomic E-state index is 3.25. The van der Waals surface area contributed by atoms with Crippen LogP contribution in [0.4, 0.5) is 0 Å². The van der Waals surface area contributed by atoms with Crippen LogP contribution in [0.15, 0.2) is 60.7 Å². The molecule has 2 aromatic carbocycles. The van der Waals surface area contributed by atoms with Crippen molar-refractivity contribution in [3.8, 4) is 11.8 Å². The Bertz CT molecular complexity index is 661. The van der Waals surface area contributed by atoms with Gasteiger partial charge in [-0.15, -0.1) is 0 Å². The van der Waals surface area contributed by atoms with Gasteiger partial charge >= 0.3 is 0 Å². The SMILES string of the molecule is CCC=CCCc1ccc(C#Cc2ccc(CCC)cc2)cc1. The van der Waals surface area contributed by atoms with E-state index in [-0.39, 0.29) is 0 Å².